The van der Waals surface area contributed by atoms with Gasteiger partial charge >= 0.3 is 5.97 Å². The fraction of sp³-hybridized carbons (Fsp3) is 0.214. The van der Waals surface area contributed by atoms with Crippen LogP contribution < -0.4 is 5.43 Å². The minimum Gasteiger partial charge on any atom is -0.477 e. The number of aromatic nitrogens is 1. The SMILES string of the molecule is N#CCCCn1cc(C(=O)O)c(=O)c2ccccc21. The van der Waals surface area contributed by atoms with Crippen LogP contribution in [0.4, 0.5) is 0 Å². The second-order valence-corrected chi connectivity index (χ2v) is 4.15. The molecule has 96 valence electrons. The highest BCUT2D eigenvalue weighted by molar-refractivity contribution is 5.92. The highest BCUT2D eigenvalue weighted by Crippen LogP contribution is 2.12. The molecule has 1 N–H and O–H groups in total. The molecule has 0 aliphatic heterocycles. The van der Waals surface area contributed by atoms with Crippen molar-refractivity contribution in [2.24, 2.45) is 0 Å². The van der Waals surface area contributed by atoms with Crippen molar-refractivity contribution < 1.29 is 9.90 Å². The summed E-state index contributed by atoms with van der Waals surface area (Å²) >= 11 is 0. The van der Waals surface area contributed by atoms with Crippen molar-refractivity contribution in [3.05, 3.63) is 46.2 Å². The molecule has 19 heavy (non-hydrogen) atoms. The molecule has 0 bridgehead atoms. The van der Waals surface area contributed by atoms with Crippen molar-refractivity contribution >= 4 is 16.9 Å². The predicted molar refractivity (Wildman–Crippen MR) is 70.0 cm³/mol. The third-order valence-electron chi connectivity index (χ3n) is 2.91. The van der Waals surface area contributed by atoms with Gasteiger partial charge in [0.25, 0.3) is 0 Å². The lowest BCUT2D eigenvalue weighted by Gasteiger charge is -2.11. The molecular formula is C14H12N2O3. The summed E-state index contributed by atoms with van der Waals surface area (Å²) in [5.74, 6) is -1.23. The van der Waals surface area contributed by atoms with Gasteiger partial charge in [-0.15, -0.1) is 0 Å². The molecule has 0 radical (unpaired) electrons. The van der Waals surface area contributed by atoms with Crippen molar-refractivity contribution in [1.29, 1.82) is 5.26 Å². The first-order chi connectivity index (χ1) is 9.15. The number of carbonyl (C=O) groups is 1. The van der Waals surface area contributed by atoms with Crippen LogP contribution in [0.5, 0.6) is 0 Å². The van der Waals surface area contributed by atoms with E-state index in [2.05, 4.69) is 0 Å². The molecule has 1 aromatic heterocycles. The van der Waals surface area contributed by atoms with Crippen molar-refractivity contribution in [2.75, 3.05) is 0 Å². The second-order valence-electron chi connectivity index (χ2n) is 4.15. The Balaban J connectivity index is 2.62. The van der Waals surface area contributed by atoms with Gasteiger partial charge in [-0.3, -0.25) is 4.79 Å². The number of hydrogen-bond acceptors (Lipinski definition) is 3. The van der Waals surface area contributed by atoms with Crippen LogP contribution in [0.25, 0.3) is 10.9 Å². The van der Waals surface area contributed by atoms with E-state index in [-0.39, 0.29) is 5.56 Å². The van der Waals surface area contributed by atoms with Gasteiger partial charge in [-0.2, -0.15) is 5.26 Å². The number of para-hydroxylation sites is 1. The molecule has 0 spiro atoms. The molecule has 0 fully saturated rings. The van der Waals surface area contributed by atoms with E-state index >= 15 is 0 Å². The molecule has 1 aromatic carbocycles. The average Bonchev–Trinajstić information content (AvgIpc) is 2.41. The molecule has 0 amide bonds. The monoisotopic (exact) mass is 256 g/mol. The summed E-state index contributed by atoms with van der Waals surface area (Å²) in [4.78, 5) is 23.1. The Kier molecular flexibility index (Phi) is 3.62. The Morgan fingerprint density at radius 3 is 2.79 bits per heavy atom. The summed E-state index contributed by atoms with van der Waals surface area (Å²) in [6.07, 6.45) is 2.36. The summed E-state index contributed by atoms with van der Waals surface area (Å²) in [6, 6.07) is 8.93. The van der Waals surface area contributed by atoms with Crippen molar-refractivity contribution in [1.82, 2.24) is 4.57 Å². The number of pyridine rings is 1. The first-order valence-electron chi connectivity index (χ1n) is 5.87. The number of carboxylic acid groups (broad SMARTS) is 1. The van der Waals surface area contributed by atoms with Gasteiger partial charge in [0, 0.05) is 24.5 Å². The summed E-state index contributed by atoms with van der Waals surface area (Å²) < 4.78 is 1.72. The molecule has 0 aliphatic rings. The molecule has 1 heterocycles. The maximum absolute atomic E-state index is 12.0. The van der Waals surface area contributed by atoms with Crippen LogP contribution >= 0.6 is 0 Å². The summed E-state index contributed by atoms with van der Waals surface area (Å²) in [5, 5.41) is 18.0. The Morgan fingerprint density at radius 1 is 1.37 bits per heavy atom. The van der Waals surface area contributed by atoms with Gasteiger partial charge in [0.15, 0.2) is 0 Å². The average molecular weight is 256 g/mol. The van der Waals surface area contributed by atoms with Gasteiger partial charge in [0.2, 0.25) is 5.43 Å². The standard InChI is InChI=1S/C14H12N2O3/c15-7-3-4-8-16-9-11(14(18)19)13(17)10-5-1-2-6-12(10)16/h1-2,5-6,9H,3-4,8H2,(H,18,19). The van der Waals surface area contributed by atoms with Crippen LogP contribution in [0.15, 0.2) is 35.3 Å². The third-order valence-corrected chi connectivity index (χ3v) is 2.91. The van der Waals surface area contributed by atoms with Gasteiger partial charge in [0.1, 0.15) is 5.56 Å². The van der Waals surface area contributed by atoms with Gasteiger partial charge < -0.3 is 9.67 Å². The van der Waals surface area contributed by atoms with E-state index in [0.717, 1.165) is 0 Å². The van der Waals surface area contributed by atoms with Crippen molar-refractivity contribution in [2.45, 2.75) is 19.4 Å². The van der Waals surface area contributed by atoms with Crippen molar-refractivity contribution in [3.63, 3.8) is 0 Å². The normalized spacial score (nSPS) is 10.3. The van der Waals surface area contributed by atoms with Crippen LogP contribution in [0.2, 0.25) is 0 Å². The number of aryl methyl sites for hydroxylation is 1. The zero-order chi connectivity index (χ0) is 13.8. The fourth-order valence-electron chi connectivity index (χ4n) is 2.01. The summed E-state index contributed by atoms with van der Waals surface area (Å²) in [6.45, 7) is 0.509. The predicted octanol–water partition coefficient (Wildman–Crippen LogP) is 2.00. The minimum atomic E-state index is -1.23. The van der Waals surface area contributed by atoms with E-state index < -0.39 is 11.4 Å². The maximum Gasteiger partial charge on any atom is 0.341 e. The number of rotatable bonds is 4. The van der Waals surface area contributed by atoms with Gasteiger partial charge in [-0.25, -0.2) is 4.79 Å². The number of hydrogen-bond donors (Lipinski definition) is 1. The molecule has 0 atom stereocenters. The molecule has 2 rings (SSSR count). The van der Waals surface area contributed by atoms with Crippen LogP contribution in [0.1, 0.15) is 23.2 Å². The number of nitriles is 1. The molecule has 0 aliphatic carbocycles. The second kappa shape index (κ2) is 5.36. The lowest BCUT2D eigenvalue weighted by molar-refractivity contribution is 0.0695. The Bertz CT molecular complexity index is 726. The number of carboxylic acids is 1. The smallest absolute Gasteiger partial charge is 0.341 e. The molecule has 5 heteroatoms. The Morgan fingerprint density at radius 2 is 2.11 bits per heavy atom. The molecular weight excluding hydrogens is 244 g/mol. The van der Waals surface area contributed by atoms with E-state index in [9.17, 15) is 9.59 Å². The van der Waals surface area contributed by atoms with Crippen molar-refractivity contribution in [3.8, 4) is 6.07 Å². The van der Waals surface area contributed by atoms with E-state index in [4.69, 9.17) is 10.4 Å². The Labute approximate surface area is 109 Å². The van der Waals surface area contributed by atoms with E-state index in [1.165, 1.54) is 6.20 Å². The van der Waals surface area contributed by atoms with Gasteiger partial charge in [0.05, 0.1) is 11.6 Å². The zero-order valence-corrected chi connectivity index (χ0v) is 10.2. The number of unbranched alkanes of at least 4 members (excludes halogenated alkanes) is 1. The van der Waals surface area contributed by atoms with Crippen LogP contribution in [0.3, 0.4) is 0 Å². The minimum absolute atomic E-state index is 0.240. The lowest BCUT2D eigenvalue weighted by atomic mass is 10.1. The molecule has 0 saturated carbocycles. The van der Waals surface area contributed by atoms with E-state index in [1.54, 1.807) is 28.8 Å². The Hall–Kier alpha value is -2.61. The highest BCUT2D eigenvalue weighted by atomic mass is 16.4. The van der Waals surface area contributed by atoms with Crippen LogP contribution in [0, 0.1) is 11.3 Å². The maximum atomic E-state index is 12.0. The molecule has 0 unspecified atom stereocenters. The topological polar surface area (TPSA) is 83.1 Å². The van der Waals surface area contributed by atoms with E-state index in [0.29, 0.717) is 30.3 Å². The number of fused-ring (bicyclic) bond motifs is 1. The highest BCUT2D eigenvalue weighted by Gasteiger charge is 2.13. The first kappa shape index (κ1) is 12.8. The lowest BCUT2D eigenvalue weighted by Crippen LogP contribution is -2.18. The zero-order valence-electron chi connectivity index (χ0n) is 10.2. The van der Waals surface area contributed by atoms with Crippen LogP contribution in [-0.4, -0.2) is 15.6 Å². The van der Waals surface area contributed by atoms with Gasteiger partial charge in [-0.1, -0.05) is 12.1 Å². The molecule has 2 aromatic rings. The largest absolute Gasteiger partial charge is 0.477 e. The quantitative estimate of drug-likeness (QED) is 0.848. The van der Waals surface area contributed by atoms with E-state index in [1.807, 2.05) is 6.07 Å². The van der Waals surface area contributed by atoms with Gasteiger partial charge in [-0.05, 0) is 18.6 Å². The third kappa shape index (κ3) is 2.47. The summed E-state index contributed by atoms with van der Waals surface area (Å²) in [7, 11) is 0. The first-order valence-corrected chi connectivity index (χ1v) is 5.87. The number of aromatic carboxylic acids is 1. The molecule has 0 saturated heterocycles. The number of nitrogens with zero attached hydrogens (tertiary/aromatic N) is 2. The van der Waals surface area contributed by atoms with Crippen LogP contribution in [-0.2, 0) is 6.54 Å². The number of benzene rings is 1. The molecule has 5 nitrogen and oxygen atoms in total. The fourth-order valence-corrected chi connectivity index (χ4v) is 2.01. The summed E-state index contributed by atoms with van der Waals surface area (Å²) in [5.41, 5.74) is -0.0225.